The molecule has 1 aromatic carbocycles. The van der Waals surface area contributed by atoms with Gasteiger partial charge >= 0.3 is 6.09 Å². The van der Waals surface area contributed by atoms with Crippen molar-refractivity contribution in [2.24, 2.45) is 11.3 Å². The van der Waals surface area contributed by atoms with Crippen LogP contribution in [0.5, 0.6) is 0 Å². The van der Waals surface area contributed by atoms with E-state index in [9.17, 15) is 4.79 Å². The van der Waals surface area contributed by atoms with E-state index >= 15 is 0 Å². The molecular formula is C22H31N3O2. The van der Waals surface area contributed by atoms with Crippen LogP contribution in [-0.2, 0) is 11.3 Å². The van der Waals surface area contributed by atoms with E-state index < -0.39 is 0 Å². The fourth-order valence-electron chi connectivity index (χ4n) is 4.88. The maximum absolute atomic E-state index is 12.4. The van der Waals surface area contributed by atoms with Gasteiger partial charge in [-0.1, -0.05) is 32.9 Å². The van der Waals surface area contributed by atoms with Gasteiger partial charge in [-0.2, -0.15) is 0 Å². The predicted molar refractivity (Wildman–Crippen MR) is 107 cm³/mol. The Balaban J connectivity index is 1.48. The summed E-state index contributed by atoms with van der Waals surface area (Å²) >= 11 is 0. The number of carbonyl (C=O) groups excluding carboxylic acids is 1. The highest BCUT2D eigenvalue weighted by atomic mass is 16.6. The van der Waals surface area contributed by atoms with Crippen LogP contribution in [0.4, 0.5) is 4.79 Å². The lowest BCUT2D eigenvalue weighted by atomic mass is 9.77. The average molecular weight is 370 g/mol. The molecule has 2 unspecified atom stereocenters. The number of benzene rings is 1. The van der Waals surface area contributed by atoms with E-state index in [0.29, 0.717) is 5.92 Å². The van der Waals surface area contributed by atoms with Crippen LogP contribution < -0.4 is 0 Å². The maximum atomic E-state index is 12.4. The summed E-state index contributed by atoms with van der Waals surface area (Å²) in [6.07, 6.45) is 6.07. The average Bonchev–Trinajstić information content (AvgIpc) is 3.09. The van der Waals surface area contributed by atoms with E-state index in [2.05, 4.69) is 55.4 Å². The number of hydrogen-bond acceptors (Lipinski definition) is 3. The minimum absolute atomic E-state index is 0.0895. The molecule has 2 heterocycles. The molecule has 0 bridgehead atoms. The van der Waals surface area contributed by atoms with Crippen LogP contribution in [0.15, 0.2) is 24.5 Å². The van der Waals surface area contributed by atoms with Crippen LogP contribution in [0.2, 0.25) is 0 Å². The Morgan fingerprint density at radius 2 is 2.15 bits per heavy atom. The third-order valence-corrected chi connectivity index (χ3v) is 5.92. The van der Waals surface area contributed by atoms with Gasteiger partial charge in [-0.05, 0) is 55.6 Å². The summed E-state index contributed by atoms with van der Waals surface area (Å²) in [6.45, 7) is 11.0. The lowest BCUT2D eigenvalue weighted by Gasteiger charge is -2.36. The molecule has 1 aliphatic carbocycles. The SMILES string of the molecule is Cc1cccc2c1ncn2CC1CCCC2(C1)CN(CC(C)(C)C)C(=O)O2. The van der Waals surface area contributed by atoms with Crippen LogP contribution in [0, 0.1) is 18.3 Å². The molecule has 2 aliphatic rings. The lowest BCUT2D eigenvalue weighted by molar-refractivity contribution is 0.00413. The summed E-state index contributed by atoms with van der Waals surface area (Å²) in [5.41, 5.74) is 3.30. The van der Waals surface area contributed by atoms with E-state index in [-0.39, 0.29) is 17.1 Å². The number of ether oxygens (including phenoxy) is 1. The smallest absolute Gasteiger partial charge is 0.410 e. The highest BCUT2D eigenvalue weighted by Crippen LogP contribution is 2.41. The van der Waals surface area contributed by atoms with Crippen molar-refractivity contribution >= 4 is 17.1 Å². The van der Waals surface area contributed by atoms with Crippen molar-refractivity contribution in [1.82, 2.24) is 14.5 Å². The van der Waals surface area contributed by atoms with Gasteiger partial charge in [0.05, 0.1) is 23.9 Å². The normalized spacial score (nSPS) is 26.1. The molecule has 1 amide bonds. The summed E-state index contributed by atoms with van der Waals surface area (Å²) in [5.74, 6) is 0.513. The van der Waals surface area contributed by atoms with E-state index in [1.807, 2.05) is 11.2 Å². The first-order chi connectivity index (χ1) is 12.7. The molecule has 1 aliphatic heterocycles. The minimum atomic E-state index is -0.294. The Morgan fingerprint density at radius 1 is 1.33 bits per heavy atom. The highest BCUT2D eigenvalue weighted by Gasteiger charge is 2.48. The quantitative estimate of drug-likeness (QED) is 0.783. The van der Waals surface area contributed by atoms with Crippen molar-refractivity contribution in [3.05, 3.63) is 30.1 Å². The summed E-state index contributed by atoms with van der Waals surface area (Å²) in [7, 11) is 0. The second kappa shape index (κ2) is 6.54. The molecule has 2 fully saturated rings. The number of amides is 1. The number of rotatable bonds is 3. The van der Waals surface area contributed by atoms with E-state index in [1.165, 1.54) is 17.5 Å². The van der Waals surface area contributed by atoms with Gasteiger partial charge in [0, 0.05) is 13.1 Å². The van der Waals surface area contributed by atoms with Gasteiger partial charge in [0.1, 0.15) is 5.60 Å². The van der Waals surface area contributed by atoms with E-state index in [0.717, 1.165) is 44.4 Å². The highest BCUT2D eigenvalue weighted by molar-refractivity contribution is 5.78. The van der Waals surface area contributed by atoms with Crippen LogP contribution >= 0.6 is 0 Å². The zero-order chi connectivity index (χ0) is 19.2. The number of nitrogens with zero attached hydrogens (tertiary/aromatic N) is 3. The van der Waals surface area contributed by atoms with Gasteiger partial charge in [0.2, 0.25) is 0 Å². The number of fused-ring (bicyclic) bond motifs is 1. The van der Waals surface area contributed by atoms with Crippen molar-refractivity contribution in [3.8, 4) is 0 Å². The lowest BCUT2D eigenvalue weighted by Crippen LogP contribution is -2.41. The standard InChI is InChI=1S/C22H31N3O2/c1-16-7-5-9-18-19(16)23-15-24(18)12-17-8-6-10-22(11-17)14-25(20(26)27-22)13-21(2,3)4/h5,7,9,15,17H,6,8,10-14H2,1-4H3. The molecule has 27 heavy (non-hydrogen) atoms. The Kier molecular flexibility index (Phi) is 4.44. The van der Waals surface area contributed by atoms with Crippen LogP contribution in [-0.4, -0.2) is 39.2 Å². The molecule has 4 rings (SSSR count). The number of imidazole rings is 1. The zero-order valence-corrected chi connectivity index (χ0v) is 17.0. The van der Waals surface area contributed by atoms with Crippen LogP contribution in [0.25, 0.3) is 11.0 Å². The fraction of sp³-hybridized carbons (Fsp3) is 0.636. The first-order valence-electron chi connectivity index (χ1n) is 10.1. The number of aromatic nitrogens is 2. The first-order valence-corrected chi connectivity index (χ1v) is 10.1. The molecule has 5 heteroatoms. The van der Waals surface area contributed by atoms with Crippen molar-refractivity contribution < 1.29 is 9.53 Å². The van der Waals surface area contributed by atoms with Gasteiger partial charge < -0.3 is 14.2 Å². The summed E-state index contributed by atoms with van der Waals surface area (Å²) in [5, 5.41) is 0. The summed E-state index contributed by atoms with van der Waals surface area (Å²) in [4.78, 5) is 19.0. The van der Waals surface area contributed by atoms with Gasteiger partial charge in [-0.15, -0.1) is 0 Å². The Hall–Kier alpha value is -2.04. The molecule has 1 spiro atoms. The monoisotopic (exact) mass is 369 g/mol. The number of para-hydroxylation sites is 1. The second-order valence-electron chi connectivity index (χ2n) is 9.77. The van der Waals surface area contributed by atoms with Crippen molar-refractivity contribution in [2.75, 3.05) is 13.1 Å². The molecule has 1 saturated heterocycles. The van der Waals surface area contributed by atoms with Gasteiger partial charge in [0.15, 0.2) is 0 Å². The fourth-order valence-corrected chi connectivity index (χ4v) is 4.88. The Morgan fingerprint density at radius 3 is 2.93 bits per heavy atom. The molecule has 5 nitrogen and oxygen atoms in total. The van der Waals surface area contributed by atoms with Crippen LogP contribution in [0.3, 0.4) is 0 Å². The van der Waals surface area contributed by atoms with Crippen molar-refractivity contribution in [1.29, 1.82) is 0 Å². The van der Waals surface area contributed by atoms with Crippen molar-refractivity contribution in [3.63, 3.8) is 0 Å². The first kappa shape index (κ1) is 18.3. The summed E-state index contributed by atoms with van der Waals surface area (Å²) < 4.78 is 8.24. The summed E-state index contributed by atoms with van der Waals surface area (Å²) in [6, 6.07) is 6.35. The van der Waals surface area contributed by atoms with Crippen molar-refractivity contribution in [2.45, 2.75) is 65.5 Å². The van der Waals surface area contributed by atoms with E-state index in [4.69, 9.17) is 4.74 Å². The maximum Gasteiger partial charge on any atom is 0.410 e. The second-order valence-corrected chi connectivity index (χ2v) is 9.77. The van der Waals surface area contributed by atoms with Gasteiger partial charge in [-0.25, -0.2) is 9.78 Å². The molecule has 146 valence electrons. The third-order valence-electron chi connectivity index (χ3n) is 5.92. The van der Waals surface area contributed by atoms with Gasteiger partial charge in [0.25, 0.3) is 0 Å². The Labute approximate surface area is 161 Å². The number of hydrogen-bond donors (Lipinski definition) is 0. The molecule has 2 atom stereocenters. The topological polar surface area (TPSA) is 47.4 Å². The molecule has 1 aromatic heterocycles. The number of carbonyl (C=O) groups is 1. The molecule has 0 radical (unpaired) electrons. The molecular weight excluding hydrogens is 338 g/mol. The third kappa shape index (κ3) is 3.69. The zero-order valence-electron chi connectivity index (χ0n) is 17.0. The van der Waals surface area contributed by atoms with E-state index in [1.54, 1.807) is 0 Å². The largest absolute Gasteiger partial charge is 0.441 e. The molecule has 2 aromatic rings. The van der Waals surface area contributed by atoms with Gasteiger partial charge in [-0.3, -0.25) is 0 Å². The molecule has 1 saturated carbocycles. The number of aryl methyl sites for hydroxylation is 1. The minimum Gasteiger partial charge on any atom is -0.441 e. The predicted octanol–water partition coefficient (Wildman–Crippen LogP) is 4.77. The molecule has 0 N–H and O–H groups in total. The van der Waals surface area contributed by atoms with Crippen LogP contribution in [0.1, 0.15) is 52.0 Å². The Bertz CT molecular complexity index is 851.